The first-order valence-corrected chi connectivity index (χ1v) is 10.3. The lowest BCUT2D eigenvalue weighted by Crippen LogP contribution is -2.52. The number of hydrogen-bond donors (Lipinski definition) is 0. The number of carbonyl (C=O) groups is 1. The Kier molecular flexibility index (Phi) is 6.48. The van der Waals surface area contributed by atoms with Crippen molar-refractivity contribution in [1.82, 2.24) is 9.80 Å². The molecule has 1 aliphatic heterocycles. The van der Waals surface area contributed by atoms with Crippen LogP contribution in [0.1, 0.15) is 6.92 Å². The minimum atomic E-state index is -2.96. The standard InChI is InChI=1S/C16H23ClN2O4S/c1-13(23-15-5-3-4-14(17)12-15)16(20)19-8-6-18(7-9-19)10-11-24(2,21)22/h3-5,12-13H,6-11H2,1-2H3. The van der Waals surface area contributed by atoms with Crippen molar-refractivity contribution in [2.45, 2.75) is 13.0 Å². The molecule has 6 nitrogen and oxygen atoms in total. The molecule has 1 fully saturated rings. The first kappa shape index (κ1) is 19.0. The first-order valence-electron chi connectivity index (χ1n) is 7.86. The van der Waals surface area contributed by atoms with Crippen LogP contribution in [0.15, 0.2) is 24.3 Å². The van der Waals surface area contributed by atoms with E-state index in [0.717, 1.165) is 0 Å². The molecule has 1 atom stereocenters. The number of sulfone groups is 1. The van der Waals surface area contributed by atoms with Crippen LogP contribution in [0.25, 0.3) is 0 Å². The zero-order valence-corrected chi connectivity index (χ0v) is 15.5. The van der Waals surface area contributed by atoms with E-state index >= 15 is 0 Å². The molecule has 1 aromatic rings. The molecule has 134 valence electrons. The Morgan fingerprint density at radius 1 is 1.29 bits per heavy atom. The summed E-state index contributed by atoms with van der Waals surface area (Å²) in [4.78, 5) is 16.3. The monoisotopic (exact) mass is 374 g/mol. The molecular weight excluding hydrogens is 352 g/mol. The summed E-state index contributed by atoms with van der Waals surface area (Å²) in [5.74, 6) is 0.641. The third-order valence-corrected chi connectivity index (χ3v) is 5.08. The van der Waals surface area contributed by atoms with E-state index in [-0.39, 0.29) is 11.7 Å². The normalized spacial score (nSPS) is 17.5. The van der Waals surface area contributed by atoms with E-state index in [1.54, 1.807) is 36.1 Å². The molecule has 8 heteroatoms. The zero-order chi connectivity index (χ0) is 17.7. The van der Waals surface area contributed by atoms with Crippen LogP contribution in [0.3, 0.4) is 0 Å². The molecule has 0 spiro atoms. The Morgan fingerprint density at radius 2 is 1.96 bits per heavy atom. The molecule has 0 aromatic heterocycles. The summed E-state index contributed by atoms with van der Waals surface area (Å²) >= 11 is 5.91. The van der Waals surface area contributed by atoms with Gasteiger partial charge in [-0.05, 0) is 25.1 Å². The maximum absolute atomic E-state index is 12.5. The smallest absolute Gasteiger partial charge is 0.263 e. The Labute approximate surface area is 148 Å². The SMILES string of the molecule is CC(Oc1cccc(Cl)c1)C(=O)N1CCN(CCS(C)(=O)=O)CC1. The van der Waals surface area contributed by atoms with Gasteiger partial charge in [0.25, 0.3) is 5.91 Å². The molecule has 0 saturated carbocycles. The highest BCUT2D eigenvalue weighted by Crippen LogP contribution is 2.19. The Hall–Kier alpha value is -1.31. The van der Waals surface area contributed by atoms with Crippen LogP contribution in [0.5, 0.6) is 5.75 Å². The van der Waals surface area contributed by atoms with Crippen LogP contribution in [-0.4, -0.2) is 75.0 Å². The summed E-state index contributed by atoms with van der Waals surface area (Å²) in [5, 5.41) is 0.562. The Bertz CT molecular complexity index is 672. The number of rotatable bonds is 6. The molecule has 1 saturated heterocycles. The fourth-order valence-corrected chi connectivity index (χ4v) is 3.31. The van der Waals surface area contributed by atoms with Crippen LogP contribution < -0.4 is 4.74 Å². The summed E-state index contributed by atoms with van der Waals surface area (Å²) in [5.41, 5.74) is 0. The van der Waals surface area contributed by atoms with Crippen molar-refractivity contribution < 1.29 is 17.9 Å². The third kappa shape index (κ3) is 5.96. The minimum Gasteiger partial charge on any atom is -0.481 e. The lowest BCUT2D eigenvalue weighted by molar-refractivity contribution is -0.139. The van der Waals surface area contributed by atoms with Crippen molar-refractivity contribution in [1.29, 1.82) is 0 Å². The van der Waals surface area contributed by atoms with Gasteiger partial charge in [0, 0.05) is 44.0 Å². The fraction of sp³-hybridized carbons (Fsp3) is 0.562. The maximum Gasteiger partial charge on any atom is 0.263 e. The van der Waals surface area contributed by atoms with Gasteiger partial charge in [-0.3, -0.25) is 9.69 Å². The van der Waals surface area contributed by atoms with E-state index in [9.17, 15) is 13.2 Å². The number of hydrogen-bond acceptors (Lipinski definition) is 5. The van der Waals surface area contributed by atoms with Crippen LogP contribution in [0.2, 0.25) is 5.02 Å². The van der Waals surface area contributed by atoms with Gasteiger partial charge in [-0.15, -0.1) is 0 Å². The van der Waals surface area contributed by atoms with E-state index in [1.165, 1.54) is 6.26 Å². The highest BCUT2D eigenvalue weighted by Gasteiger charge is 2.26. The van der Waals surface area contributed by atoms with Crippen LogP contribution >= 0.6 is 11.6 Å². The predicted molar refractivity (Wildman–Crippen MR) is 94.3 cm³/mol. The average molecular weight is 375 g/mol. The molecule has 1 amide bonds. The summed E-state index contributed by atoms with van der Waals surface area (Å²) in [6.45, 7) is 4.72. The van der Waals surface area contributed by atoms with Gasteiger partial charge in [-0.25, -0.2) is 8.42 Å². The lowest BCUT2D eigenvalue weighted by atomic mass is 10.2. The fourth-order valence-electron chi connectivity index (χ4n) is 2.54. The van der Waals surface area contributed by atoms with Crippen molar-refractivity contribution in [2.75, 3.05) is 44.7 Å². The second kappa shape index (κ2) is 8.18. The molecule has 0 bridgehead atoms. The van der Waals surface area contributed by atoms with E-state index in [4.69, 9.17) is 16.3 Å². The van der Waals surface area contributed by atoms with Gasteiger partial charge < -0.3 is 9.64 Å². The summed E-state index contributed by atoms with van der Waals surface area (Å²) in [6, 6.07) is 6.96. The molecule has 0 radical (unpaired) electrons. The number of halogens is 1. The highest BCUT2D eigenvalue weighted by atomic mass is 35.5. The van der Waals surface area contributed by atoms with Crippen molar-refractivity contribution in [3.63, 3.8) is 0 Å². The highest BCUT2D eigenvalue weighted by molar-refractivity contribution is 7.90. The van der Waals surface area contributed by atoms with Crippen molar-refractivity contribution in [2.24, 2.45) is 0 Å². The largest absolute Gasteiger partial charge is 0.481 e. The van der Waals surface area contributed by atoms with Crippen LogP contribution in [-0.2, 0) is 14.6 Å². The molecule has 0 N–H and O–H groups in total. The number of benzene rings is 1. The molecule has 1 aromatic carbocycles. The van der Waals surface area contributed by atoms with Crippen molar-refractivity contribution in [3.05, 3.63) is 29.3 Å². The van der Waals surface area contributed by atoms with Crippen LogP contribution in [0, 0.1) is 0 Å². The van der Waals surface area contributed by atoms with E-state index < -0.39 is 15.9 Å². The number of piperazine rings is 1. The summed E-state index contributed by atoms with van der Waals surface area (Å²) < 4.78 is 28.1. The predicted octanol–water partition coefficient (Wildman–Crippen LogP) is 1.30. The molecule has 1 unspecified atom stereocenters. The molecule has 0 aliphatic carbocycles. The van der Waals surface area contributed by atoms with Gasteiger partial charge in [-0.2, -0.15) is 0 Å². The average Bonchev–Trinajstić information content (AvgIpc) is 2.52. The first-order chi connectivity index (χ1) is 11.2. The summed E-state index contributed by atoms with van der Waals surface area (Å²) in [7, 11) is -2.96. The summed E-state index contributed by atoms with van der Waals surface area (Å²) in [6.07, 6.45) is 0.646. The minimum absolute atomic E-state index is 0.0715. The zero-order valence-electron chi connectivity index (χ0n) is 13.9. The molecule has 1 heterocycles. The number of amides is 1. The van der Waals surface area contributed by atoms with E-state index in [2.05, 4.69) is 4.90 Å². The van der Waals surface area contributed by atoms with Gasteiger partial charge in [-0.1, -0.05) is 17.7 Å². The van der Waals surface area contributed by atoms with Gasteiger partial charge in [0.05, 0.1) is 5.75 Å². The Morgan fingerprint density at radius 3 is 2.54 bits per heavy atom. The lowest BCUT2D eigenvalue weighted by Gasteiger charge is -2.35. The van der Waals surface area contributed by atoms with Crippen LogP contribution in [0.4, 0.5) is 0 Å². The van der Waals surface area contributed by atoms with Gasteiger partial charge >= 0.3 is 0 Å². The van der Waals surface area contributed by atoms with Gasteiger partial charge in [0.2, 0.25) is 0 Å². The Balaban J connectivity index is 1.81. The number of carbonyl (C=O) groups excluding carboxylic acids is 1. The van der Waals surface area contributed by atoms with Crippen molar-refractivity contribution >= 4 is 27.3 Å². The number of ether oxygens (including phenoxy) is 1. The number of nitrogens with zero attached hydrogens (tertiary/aromatic N) is 2. The molecular formula is C16H23ClN2O4S. The second-order valence-corrected chi connectivity index (χ2v) is 8.71. The molecule has 1 aliphatic rings. The van der Waals surface area contributed by atoms with E-state index in [0.29, 0.717) is 43.5 Å². The quantitative estimate of drug-likeness (QED) is 0.750. The molecule has 24 heavy (non-hydrogen) atoms. The third-order valence-electron chi connectivity index (χ3n) is 3.92. The van der Waals surface area contributed by atoms with Gasteiger partial charge in [0.1, 0.15) is 15.6 Å². The second-order valence-electron chi connectivity index (χ2n) is 6.01. The van der Waals surface area contributed by atoms with E-state index in [1.807, 2.05) is 0 Å². The van der Waals surface area contributed by atoms with Crippen molar-refractivity contribution in [3.8, 4) is 5.75 Å². The topological polar surface area (TPSA) is 66.9 Å². The van der Waals surface area contributed by atoms with Gasteiger partial charge in [0.15, 0.2) is 6.10 Å². The molecule has 2 rings (SSSR count). The maximum atomic E-state index is 12.5.